The van der Waals surface area contributed by atoms with Gasteiger partial charge in [-0.1, -0.05) is 79.6 Å². The maximum atomic E-state index is 6.93. The molecule has 1 aliphatic rings. The van der Waals surface area contributed by atoms with Crippen LogP contribution in [0.3, 0.4) is 0 Å². The van der Waals surface area contributed by atoms with Crippen LogP contribution in [-0.4, -0.2) is 13.9 Å². The summed E-state index contributed by atoms with van der Waals surface area (Å²) in [4.78, 5) is 0. The van der Waals surface area contributed by atoms with E-state index in [1.807, 2.05) is 0 Å². The van der Waals surface area contributed by atoms with Crippen molar-refractivity contribution in [3.8, 4) is 0 Å². The van der Waals surface area contributed by atoms with Gasteiger partial charge in [0, 0.05) is 0 Å². The lowest BCUT2D eigenvalue weighted by atomic mass is 10.0. The third-order valence-electron chi connectivity index (χ3n) is 4.88. The van der Waals surface area contributed by atoms with Gasteiger partial charge in [-0.05, 0) is 29.8 Å². The lowest BCUT2D eigenvalue weighted by molar-refractivity contribution is 0.125. The Hall–Kier alpha value is -1.64. The van der Waals surface area contributed by atoms with E-state index in [9.17, 15) is 0 Å². The normalized spacial score (nSPS) is 17.3. The molecule has 1 aliphatic carbocycles. The molecule has 0 aromatic heterocycles. The Kier molecular flexibility index (Phi) is 4.32. The molecule has 0 amide bonds. The van der Waals surface area contributed by atoms with Gasteiger partial charge in [-0.25, -0.2) is 0 Å². The first-order valence-electron chi connectivity index (χ1n) is 8.13. The maximum Gasteiger partial charge on any atom is 0.253 e. The average molecular weight is 308 g/mol. The van der Waals surface area contributed by atoms with Gasteiger partial charge in [-0.15, -0.1) is 6.58 Å². The van der Waals surface area contributed by atoms with E-state index in [4.69, 9.17) is 4.43 Å². The smallest absolute Gasteiger partial charge is 0.253 e. The van der Waals surface area contributed by atoms with Crippen molar-refractivity contribution in [2.75, 3.05) is 0 Å². The molecule has 0 unspecified atom stereocenters. The SMILES string of the molecule is C=CC1(O[Si](C)(c2ccccc2)c2ccccc2)CCCC1. The molecule has 0 saturated heterocycles. The van der Waals surface area contributed by atoms with Gasteiger partial charge in [0.1, 0.15) is 0 Å². The number of hydrogen-bond donors (Lipinski definition) is 0. The first kappa shape index (κ1) is 15.3. The van der Waals surface area contributed by atoms with Crippen LogP contribution in [0.1, 0.15) is 25.7 Å². The quantitative estimate of drug-likeness (QED) is 0.601. The fraction of sp³-hybridized carbons (Fsp3) is 0.300. The van der Waals surface area contributed by atoms with Crippen molar-refractivity contribution in [1.29, 1.82) is 0 Å². The minimum Gasteiger partial charge on any atom is -0.399 e. The highest BCUT2D eigenvalue weighted by molar-refractivity contribution is 6.96. The summed E-state index contributed by atoms with van der Waals surface area (Å²) >= 11 is 0. The molecule has 3 rings (SSSR count). The first-order chi connectivity index (χ1) is 10.7. The van der Waals surface area contributed by atoms with E-state index in [2.05, 4.69) is 79.9 Å². The highest BCUT2D eigenvalue weighted by atomic mass is 28.4. The Bertz CT molecular complexity index is 575. The van der Waals surface area contributed by atoms with E-state index < -0.39 is 8.32 Å². The van der Waals surface area contributed by atoms with Gasteiger partial charge >= 0.3 is 0 Å². The predicted molar refractivity (Wildman–Crippen MR) is 96.3 cm³/mol. The Morgan fingerprint density at radius 1 is 0.909 bits per heavy atom. The lowest BCUT2D eigenvalue weighted by Gasteiger charge is -2.38. The molecule has 2 aromatic carbocycles. The van der Waals surface area contributed by atoms with Crippen LogP contribution in [0.2, 0.25) is 6.55 Å². The molecular weight excluding hydrogens is 284 g/mol. The van der Waals surface area contributed by atoms with Gasteiger partial charge < -0.3 is 4.43 Å². The summed E-state index contributed by atoms with van der Waals surface area (Å²) in [5, 5.41) is 2.66. The highest BCUT2D eigenvalue weighted by Crippen LogP contribution is 2.36. The molecule has 1 nitrogen and oxygen atoms in total. The van der Waals surface area contributed by atoms with Crippen LogP contribution < -0.4 is 10.4 Å². The monoisotopic (exact) mass is 308 g/mol. The zero-order chi connectivity index (χ0) is 15.5. The minimum absolute atomic E-state index is 0.146. The minimum atomic E-state index is -2.23. The molecule has 114 valence electrons. The van der Waals surface area contributed by atoms with Crippen LogP contribution in [0.25, 0.3) is 0 Å². The van der Waals surface area contributed by atoms with Gasteiger partial charge in [0.2, 0.25) is 0 Å². The third-order valence-corrected chi connectivity index (χ3v) is 8.56. The average Bonchev–Trinajstić information content (AvgIpc) is 3.05. The van der Waals surface area contributed by atoms with Crippen molar-refractivity contribution in [3.63, 3.8) is 0 Å². The summed E-state index contributed by atoms with van der Waals surface area (Å²) < 4.78 is 6.93. The molecule has 2 aromatic rings. The highest BCUT2D eigenvalue weighted by Gasteiger charge is 2.43. The van der Waals surface area contributed by atoms with Gasteiger partial charge in [0.25, 0.3) is 8.32 Å². The van der Waals surface area contributed by atoms with Crippen LogP contribution in [0.5, 0.6) is 0 Å². The van der Waals surface area contributed by atoms with E-state index in [1.54, 1.807) is 0 Å². The topological polar surface area (TPSA) is 9.23 Å². The van der Waals surface area contributed by atoms with E-state index in [-0.39, 0.29) is 5.60 Å². The summed E-state index contributed by atoms with van der Waals surface area (Å²) in [7, 11) is -2.23. The van der Waals surface area contributed by atoms with Crippen molar-refractivity contribution >= 4 is 18.7 Å². The Labute approximate surface area is 134 Å². The van der Waals surface area contributed by atoms with Crippen molar-refractivity contribution < 1.29 is 4.43 Å². The molecule has 22 heavy (non-hydrogen) atoms. The van der Waals surface area contributed by atoms with Crippen LogP contribution in [0, 0.1) is 0 Å². The molecular formula is C20H24OSi. The summed E-state index contributed by atoms with van der Waals surface area (Å²) in [6.07, 6.45) is 6.72. The predicted octanol–water partition coefficient (Wildman–Crippen LogP) is 3.89. The Morgan fingerprint density at radius 3 is 1.77 bits per heavy atom. The number of benzene rings is 2. The number of hydrogen-bond acceptors (Lipinski definition) is 1. The van der Waals surface area contributed by atoms with Crippen molar-refractivity contribution in [2.24, 2.45) is 0 Å². The fourth-order valence-electron chi connectivity index (χ4n) is 3.52. The van der Waals surface area contributed by atoms with Crippen LogP contribution in [0.4, 0.5) is 0 Å². The summed E-state index contributed by atoms with van der Waals surface area (Å²) in [6.45, 7) is 6.40. The van der Waals surface area contributed by atoms with Crippen LogP contribution in [0.15, 0.2) is 73.3 Å². The molecule has 0 spiro atoms. The molecule has 0 heterocycles. The van der Waals surface area contributed by atoms with Gasteiger partial charge in [0.15, 0.2) is 0 Å². The first-order valence-corrected chi connectivity index (χ1v) is 10.5. The summed E-state index contributed by atoms with van der Waals surface area (Å²) in [5.41, 5.74) is -0.146. The molecule has 0 atom stereocenters. The molecule has 1 saturated carbocycles. The van der Waals surface area contributed by atoms with E-state index >= 15 is 0 Å². The van der Waals surface area contributed by atoms with Gasteiger partial charge in [-0.2, -0.15) is 0 Å². The molecule has 1 fully saturated rings. The summed E-state index contributed by atoms with van der Waals surface area (Å²) in [5.74, 6) is 0. The summed E-state index contributed by atoms with van der Waals surface area (Å²) in [6, 6.07) is 21.4. The molecule has 2 heteroatoms. The third kappa shape index (κ3) is 2.81. The van der Waals surface area contributed by atoms with E-state index in [0.29, 0.717) is 0 Å². The van der Waals surface area contributed by atoms with Crippen molar-refractivity contribution in [2.45, 2.75) is 37.8 Å². The largest absolute Gasteiger partial charge is 0.399 e. The van der Waals surface area contributed by atoms with E-state index in [0.717, 1.165) is 12.8 Å². The molecule has 0 aliphatic heterocycles. The van der Waals surface area contributed by atoms with Crippen molar-refractivity contribution in [3.05, 3.63) is 73.3 Å². The Balaban J connectivity index is 2.06. The zero-order valence-electron chi connectivity index (χ0n) is 13.3. The lowest BCUT2D eigenvalue weighted by Crippen LogP contribution is -2.61. The Morgan fingerprint density at radius 2 is 1.36 bits per heavy atom. The van der Waals surface area contributed by atoms with Gasteiger partial charge in [0.05, 0.1) is 5.60 Å². The maximum absolute atomic E-state index is 6.93. The molecule has 0 radical (unpaired) electrons. The van der Waals surface area contributed by atoms with Gasteiger partial charge in [-0.3, -0.25) is 0 Å². The second kappa shape index (κ2) is 6.23. The van der Waals surface area contributed by atoms with E-state index in [1.165, 1.54) is 23.2 Å². The molecule has 0 bridgehead atoms. The van der Waals surface area contributed by atoms with Crippen LogP contribution in [-0.2, 0) is 4.43 Å². The van der Waals surface area contributed by atoms with Crippen molar-refractivity contribution in [1.82, 2.24) is 0 Å². The fourth-order valence-corrected chi connectivity index (χ4v) is 6.85. The second-order valence-electron chi connectivity index (χ2n) is 6.34. The van der Waals surface area contributed by atoms with Crippen LogP contribution >= 0.6 is 0 Å². The number of rotatable bonds is 5. The second-order valence-corrected chi connectivity index (χ2v) is 9.77. The molecule has 0 N–H and O–H groups in total. The zero-order valence-corrected chi connectivity index (χ0v) is 14.3. The standard InChI is InChI=1S/C20H24OSi/c1-3-20(16-10-11-17-20)21-22(2,18-12-6-4-7-13-18)19-14-8-5-9-15-19/h3-9,12-15H,1,10-11,16-17H2,2H3.